The molecule has 2 rings (SSSR count). The highest BCUT2D eigenvalue weighted by Gasteiger charge is 2.67. The number of cyclic esters (lactones) is 2. The number of hydrazone groups is 1. The standard InChI is InChI=1S/C13H19N3O4S/c1-7(15-16-10(14)21)12(4)6-13(9(18)20-12)5-11(2,3)19-8(13)17/h5-6H2,1-4H3,(H3,14,16,21)/t12-,13+/m1/s1. The van der Waals surface area contributed by atoms with E-state index in [0.717, 1.165) is 0 Å². The van der Waals surface area contributed by atoms with Crippen LogP contribution >= 0.6 is 12.2 Å². The Labute approximate surface area is 128 Å². The number of rotatable bonds is 2. The second-order valence-corrected chi connectivity index (χ2v) is 6.82. The zero-order valence-electron chi connectivity index (χ0n) is 12.5. The molecule has 1 spiro atoms. The highest BCUT2D eigenvalue weighted by Crippen LogP contribution is 2.51. The van der Waals surface area contributed by atoms with E-state index in [4.69, 9.17) is 15.2 Å². The third-order valence-corrected chi connectivity index (χ3v) is 4.03. The molecule has 8 heteroatoms. The Hall–Kier alpha value is -1.70. The molecule has 2 aliphatic heterocycles. The largest absolute Gasteiger partial charge is 0.459 e. The molecule has 0 amide bonds. The lowest BCUT2D eigenvalue weighted by Crippen LogP contribution is -2.37. The predicted octanol–water partition coefficient (Wildman–Crippen LogP) is 0.613. The fraction of sp³-hybridized carbons (Fsp3) is 0.692. The summed E-state index contributed by atoms with van der Waals surface area (Å²) in [7, 11) is 0. The van der Waals surface area contributed by atoms with Crippen molar-refractivity contribution in [2.45, 2.75) is 51.7 Å². The van der Waals surface area contributed by atoms with Crippen molar-refractivity contribution < 1.29 is 19.1 Å². The fourth-order valence-corrected chi connectivity index (χ4v) is 2.96. The maximum Gasteiger partial charge on any atom is 0.324 e. The van der Waals surface area contributed by atoms with Crippen LogP contribution in [-0.2, 0) is 19.1 Å². The summed E-state index contributed by atoms with van der Waals surface area (Å²) in [6, 6.07) is 0. The summed E-state index contributed by atoms with van der Waals surface area (Å²) in [6.45, 7) is 6.94. The Morgan fingerprint density at radius 1 is 1.24 bits per heavy atom. The molecule has 0 saturated carbocycles. The van der Waals surface area contributed by atoms with Crippen LogP contribution in [0.15, 0.2) is 5.10 Å². The number of thiocarbonyl (C=S) groups is 1. The van der Waals surface area contributed by atoms with Gasteiger partial charge in [0.05, 0.1) is 5.71 Å². The summed E-state index contributed by atoms with van der Waals surface area (Å²) in [5, 5.41) is 4.01. The summed E-state index contributed by atoms with van der Waals surface area (Å²) < 4.78 is 10.7. The Kier molecular flexibility index (Phi) is 3.48. The van der Waals surface area contributed by atoms with Crippen molar-refractivity contribution >= 4 is 35.0 Å². The van der Waals surface area contributed by atoms with Gasteiger partial charge in [-0.25, -0.2) is 0 Å². The normalized spacial score (nSPS) is 34.8. The second-order valence-electron chi connectivity index (χ2n) is 6.38. The number of hydrogen-bond acceptors (Lipinski definition) is 6. The van der Waals surface area contributed by atoms with Gasteiger partial charge in [-0.1, -0.05) is 0 Å². The highest BCUT2D eigenvalue weighted by molar-refractivity contribution is 7.80. The first-order valence-electron chi connectivity index (χ1n) is 6.58. The van der Waals surface area contributed by atoms with Crippen molar-refractivity contribution in [2.75, 3.05) is 0 Å². The molecule has 2 aliphatic rings. The van der Waals surface area contributed by atoms with E-state index in [2.05, 4.69) is 22.7 Å². The number of esters is 2. The molecule has 0 aromatic heterocycles. The quantitative estimate of drug-likeness (QED) is 0.253. The van der Waals surface area contributed by atoms with Gasteiger partial charge in [0.1, 0.15) is 5.60 Å². The molecule has 0 aromatic rings. The van der Waals surface area contributed by atoms with E-state index in [-0.39, 0.29) is 11.5 Å². The van der Waals surface area contributed by atoms with Gasteiger partial charge in [0.15, 0.2) is 16.1 Å². The van der Waals surface area contributed by atoms with Gasteiger partial charge in [0.2, 0.25) is 0 Å². The van der Waals surface area contributed by atoms with Gasteiger partial charge in [0.25, 0.3) is 0 Å². The first-order valence-corrected chi connectivity index (χ1v) is 6.99. The van der Waals surface area contributed by atoms with Crippen LogP contribution in [0.25, 0.3) is 0 Å². The Morgan fingerprint density at radius 2 is 1.81 bits per heavy atom. The SMILES string of the molecule is CC(=NNC(N)=S)[C@@]1(C)C[C@]2(CC(C)(C)OC2=O)C(=O)O1. The molecule has 3 N–H and O–H groups in total. The summed E-state index contributed by atoms with van der Waals surface area (Å²) in [6.07, 6.45) is 0.485. The van der Waals surface area contributed by atoms with Crippen LogP contribution in [0.5, 0.6) is 0 Å². The van der Waals surface area contributed by atoms with Crippen molar-refractivity contribution in [2.24, 2.45) is 16.3 Å². The zero-order valence-corrected chi connectivity index (χ0v) is 13.3. The van der Waals surface area contributed by atoms with E-state index in [1.165, 1.54) is 0 Å². The zero-order chi connectivity index (χ0) is 16.1. The van der Waals surface area contributed by atoms with Crippen molar-refractivity contribution in [3.63, 3.8) is 0 Å². The third kappa shape index (κ3) is 2.59. The molecule has 7 nitrogen and oxygen atoms in total. The molecule has 0 bridgehead atoms. The van der Waals surface area contributed by atoms with E-state index in [0.29, 0.717) is 12.1 Å². The minimum atomic E-state index is -1.25. The number of nitrogens with one attached hydrogen (secondary N) is 1. The van der Waals surface area contributed by atoms with Gasteiger partial charge in [0, 0.05) is 12.8 Å². The number of ether oxygens (including phenoxy) is 2. The van der Waals surface area contributed by atoms with Crippen LogP contribution in [0.2, 0.25) is 0 Å². The summed E-state index contributed by atoms with van der Waals surface area (Å²) in [4.78, 5) is 24.5. The van der Waals surface area contributed by atoms with Gasteiger partial charge in [-0.3, -0.25) is 15.0 Å². The Morgan fingerprint density at radius 3 is 2.29 bits per heavy atom. The molecule has 0 aromatic carbocycles. The number of carbonyl (C=O) groups is 2. The van der Waals surface area contributed by atoms with Crippen LogP contribution in [0.3, 0.4) is 0 Å². The number of carbonyl (C=O) groups excluding carboxylic acids is 2. The average molecular weight is 313 g/mol. The van der Waals surface area contributed by atoms with Crippen molar-refractivity contribution in [3.8, 4) is 0 Å². The van der Waals surface area contributed by atoms with Gasteiger partial charge >= 0.3 is 11.9 Å². The molecule has 116 valence electrons. The predicted molar refractivity (Wildman–Crippen MR) is 79.4 cm³/mol. The first-order chi connectivity index (χ1) is 9.51. The lowest BCUT2D eigenvalue weighted by molar-refractivity contribution is -0.160. The van der Waals surface area contributed by atoms with Crippen molar-refractivity contribution in [1.82, 2.24) is 5.43 Å². The van der Waals surface area contributed by atoms with Crippen LogP contribution in [0.1, 0.15) is 40.5 Å². The lowest BCUT2D eigenvalue weighted by Gasteiger charge is -2.22. The van der Waals surface area contributed by atoms with Crippen molar-refractivity contribution in [1.29, 1.82) is 0 Å². The molecular formula is C13H19N3O4S. The minimum Gasteiger partial charge on any atom is -0.459 e. The molecule has 0 aliphatic carbocycles. The average Bonchev–Trinajstić information content (AvgIpc) is 2.71. The molecular weight excluding hydrogens is 294 g/mol. The molecule has 2 fully saturated rings. The molecule has 0 unspecified atom stereocenters. The maximum absolute atomic E-state index is 12.3. The molecule has 2 saturated heterocycles. The van der Waals surface area contributed by atoms with Crippen LogP contribution in [0, 0.1) is 5.41 Å². The topological polar surface area (TPSA) is 103 Å². The first kappa shape index (κ1) is 15.7. The van der Waals surface area contributed by atoms with Crippen LogP contribution in [0.4, 0.5) is 0 Å². The fourth-order valence-electron chi connectivity index (χ4n) is 2.92. The lowest BCUT2D eigenvalue weighted by atomic mass is 9.75. The number of hydrogen-bond donors (Lipinski definition) is 2. The molecule has 2 heterocycles. The van der Waals surface area contributed by atoms with Crippen molar-refractivity contribution in [3.05, 3.63) is 0 Å². The number of nitrogens with zero attached hydrogens (tertiary/aromatic N) is 1. The monoisotopic (exact) mass is 313 g/mol. The minimum absolute atomic E-state index is 0.0124. The van der Waals surface area contributed by atoms with E-state index >= 15 is 0 Å². The van der Waals surface area contributed by atoms with Gasteiger partial charge < -0.3 is 15.2 Å². The van der Waals surface area contributed by atoms with Gasteiger partial charge in [-0.2, -0.15) is 5.10 Å². The van der Waals surface area contributed by atoms with Gasteiger partial charge in [-0.15, -0.1) is 0 Å². The summed E-state index contributed by atoms with van der Waals surface area (Å²) in [5.74, 6) is -1.10. The van der Waals surface area contributed by atoms with E-state index in [1.807, 2.05) is 0 Å². The Balaban J connectivity index is 2.29. The summed E-state index contributed by atoms with van der Waals surface area (Å²) >= 11 is 4.68. The number of nitrogens with two attached hydrogens (primary N) is 1. The molecule has 21 heavy (non-hydrogen) atoms. The summed E-state index contributed by atoms with van der Waals surface area (Å²) in [5.41, 5.74) is 5.34. The van der Waals surface area contributed by atoms with Crippen LogP contribution < -0.4 is 11.2 Å². The second kappa shape index (κ2) is 4.66. The van der Waals surface area contributed by atoms with E-state index < -0.39 is 28.6 Å². The van der Waals surface area contributed by atoms with Crippen LogP contribution in [-0.4, -0.2) is 34.0 Å². The van der Waals surface area contributed by atoms with E-state index in [9.17, 15) is 9.59 Å². The van der Waals surface area contributed by atoms with Gasteiger partial charge in [-0.05, 0) is 39.9 Å². The highest BCUT2D eigenvalue weighted by atomic mass is 32.1. The molecule has 2 atom stereocenters. The molecule has 0 radical (unpaired) electrons. The Bertz CT molecular complexity index is 560. The third-order valence-electron chi connectivity index (χ3n) is 3.93. The maximum atomic E-state index is 12.3. The smallest absolute Gasteiger partial charge is 0.324 e. The van der Waals surface area contributed by atoms with E-state index in [1.54, 1.807) is 27.7 Å².